The Kier molecular flexibility index (Phi) is 4.69. The quantitative estimate of drug-likeness (QED) is 0.846. The summed E-state index contributed by atoms with van der Waals surface area (Å²) in [6.07, 6.45) is 6.42. The molecule has 0 aromatic carbocycles. The molecule has 0 saturated carbocycles. The van der Waals surface area contributed by atoms with Crippen molar-refractivity contribution < 1.29 is 4.74 Å². The van der Waals surface area contributed by atoms with Crippen LogP contribution in [0.25, 0.3) is 0 Å². The third kappa shape index (κ3) is 3.04. The van der Waals surface area contributed by atoms with Crippen molar-refractivity contribution >= 4 is 15.9 Å². The van der Waals surface area contributed by atoms with Crippen LogP contribution in [0.3, 0.4) is 0 Å². The maximum Gasteiger partial charge on any atom is 0.0700 e. The van der Waals surface area contributed by atoms with Crippen LogP contribution in [0.1, 0.15) is 31.0 Å². The first-order chi connectivity index (χ1) is 10.1. The maximum atomic E-state index is 6.05. The SMILES string of the molecule is CNC(c1c(Br)cnn1CCN(C)C)C1CC2CCC1O2. The van der Waals surface area contributed by atoms with Gasteiger partial charge in [-0.3, -0.25) is 4.68 Å². The summed E-state index contributed by atoms with van der Waals surface area (Å²) >= 11 is 3.69. The van der Waals surface area contributed by atoms with Crippen LogP contribution in [0, 0.1) is 5.92 Å². The molecule has 3 rings (SSSR count). The Morgan fingerprint density at radius 2 is 2.33 bits per heavy atom. The van der Waals surface area contributed by atoms with Crippen LogP contribution in [-0.2, 0) is 11.3 Å². The third-order valence-electron chi connectivity index (χ3n) is 4.78. The Labute approximate surface area is 135 Å². The van der Waals surface area contributed by atoms with Crippen molar-refractivity contribution in [3.05, 3.63) is 16.4 Å². The van der Waals surface area contributed by atoms with Crippen LogP contribution >= 0.6 is 15.9 Å². The number of hydrogen-bond donors (Lipinski definition) is 1. The number of halogens is 1. The van der Waals surface area contributed by atoms with Gasteiger partial charge in [0.25, 0.3) is 0 Å². The highest BCUT2D eigenvalue weighted by Crippen LogP contribution is 2.45. The molecule has 0 aliphatic carbocycles. The molecule has 0 radical (unpaired) electrons. The van der Waals surface area contributed by atoms with Gasteiger partial charge in [-0.2, -0.15) is 5.10 Å². The molecular weight excluding hydrogens is 332 g/mol. The van der Waals surface area contributed by atoms with Crippen molar-refractivity contribution in [2.45, 2.75) is 44.1 Å². The summed E-state index contributed by atoms with van der Waals surface area (Å²) in [5.74, 6) is 0.555. The van der Waals surface area contributed by atoms with Gasteiger partial charge < -0.3 is 15.0 Å². The lowest BCUT2D eigenvalue weighted by Crippen LogP contribution is -2.34. The molecule has 0 spiro atoms. The highest BCUT2D eigenvalue weighted by molar-refractivity contribution is 9.10. The van der Waals surface area contributed by atoms with E-state index in [0.717, 1.165) is 17.6 Å². The van der Waals surface area contributed by atoms with Gasteiger partial charge in [-0.25, -0.2) is 0 Å². The molecule has 2 fully saturated rings. The van der Waals surface area contributed by atoms with E-state index in [0.29, 0.717) is 24.2 Å². The summed E-state index contributed by atoms with van der Waals surface area (Å²) in [4.78, 5) is 2.19. The second-order valence-corrected chi connectivity index (χ2v) is 7.30. The fourth-order valence-corrected chi connectivity index (χ4v) is 4.28. The number of aromatic nitrogens is 2. The van der Waals surface area contributed by atoms with E-state index in [-0.39, 0.29) is 0 Å². The van der Waals surface area contributed by atoms with Crippen LogP contribution in [0.4, 0.5) is 0 Å². The van der Waals surface area contributed by atoms with Gasteiger partial charge >= 0.3 is 0 Å². The lowest BCUT2D eigenvalue weighted by Gasteiger charge is -2.29. The van der Waals surface area contributed by atoms with Gasteiger partial charge in [0.05, 0.1) is 41.2 Å². The summed E-state index contributed by atoms with van der Waals surface area (Å²) in [5, 5.41) is 8.07. The van der Waals surface area contributed by atoms with Crippen LogP contribution in [0.2, 0.25) is 0 Å². The molecule has 2 bridgehead atoms. The van der Waals surface area contributed by atoms with Crippen LogP contribution in [0.15, 0.2) is 10.7 Å². The summed E-state index contributed by atoms with van der Waals surface area (Å²) in [6, 6.07) is 0.305. The highest BCUT2D eigenvalue weighted by Gasteiger charge is 2.45. The van der Waals surface area contributed by atoms with Crippen LogP contribution in [-0.4, -0.2) is 54.6 Å². The number of hydrogen-bond acceptors (Lipinski definition) is 4. The number of likely N-dealkylation sites (N-methyl/N-ethyl adjacent to an activating group) is 1. The van der Waals surface area contributed by atoms with E-state index in [2.05, 4.69) is 50.0 Å². The number of rotatable bonds is 6. The maximum absolute atomic E-state index is 6.05. The molecule has 21 heavy (non-hydrogen) atoms. The van der Waals surface area contributed by atoms with E-state index < -0.39 is 0 Å². The summed E-state index contributed by atoms with van der Waals surface area (Å²) in [6.45, 7) is 1.90. The van der Waals surface area contributed by atoms with Crippen molar-refractivity contribution in [1.29, 1.82) is 0 Å². The number of nitrogens with one attached hydrogen (secondary N) is 1. The molecule has 1 aromatic rings. The predicted octanol–water partition coefficient (Wildman–Crippen LogP) is 2.04. The molecule has 3 heterocycles. The smallest absolute Gasteiger partial charge is 0.0700 e. The highest BCUT2D eigenvalue weighted by atomic mass is 79.9. The van der Waals surface area contributed by atoms with Crippen LogP contribution in [0.5, 0.6) is 0 Å². The molecule has 6 heteroatoms. The molecule has 2 aliphatic rings. The Balaban J connectivity index is 1.81. The van der Waals surface area contributed by atoms with Gasteiger partial charge in [-0.15, -0.1) is 0 Å². The largest absolute Gasteiger partial charge is 0.375 e. The monoisotopic (exact) mass is 356 g/mol. The lowest BCUT2D eigenvalue weighted by molar-refractivity contribution is 0.0855. The number of fused-ring (bicyclic) bond motifs is 2. The number of nitrogens with zero attached hydrogens (tertiary/aromatic N) is 3. The van der Waals surface area contributed by atoms with E-state index >= 15 is 0 Å². The minimum Gasteiger partial charge on any atom is -0.375 e. The van der Waals surface area contributed by atoms with Gasteiger partial charge in [-0.1, -0.05) is 0 Å². The first-order valence-electron chi connectivity index (χ1n) is 7.78. The summed E-state index contributed by atoms with van der Waals surface area (Å²) in [5.41, 5.74) is 1.26. The minimum atomic E-state index is 0.305. The Hall–Kier alpha value is -0.430. The van der Waals surface area contributed by atoms with Crippen molar-refractivity contribution in [2.24, 2.45) is 5.92 Å². The molecule has 118 valence electrons. The fourth-order valence-electron chi connectivity index (χ4n) is 3.74. The van der Waals surface area contributed by atoms with E-state index in [9.17, 15) is 0 Å². The molecule has 0 amide bonds. The Morgan fingerprint density at radius 1 is 1.52 bits per heavy atom. The zero-order valence-corrected chi connectivity index (χ0v) is 14.6. The molecule has 1 N–H and O–H groups in total. The zero-order valence-electron chi connectivity index (χ0n) is 13.1. The number of ether oxygens (including phenoxy) is 1. The molecule has 2 saturated heterocycles. The van der Waals surface area contributed by atoms with Crippen molar-refractivity contribution in [3.8, 4) is 0 Å². The molecule has 4 atom stereocenters. The van der Waals surface area contributed by atoms with Crippen molar-refractivity contribution in [3.63, 3.8) is 0 Å². The molecule has 2 aliphatic heterocycles. The fraction of sp³-hybridized carbons (Fsp3) is 0.800. The van der Waals surface area contributed by atoms with Crippen LogP contribution < -0.4 is 5.32 Å². The Bertz CT molecular complexity index is 490. The Morgan fingerprint density at radius 3 is 2.90 bits per heavy atom. The lowest BCUT2D eigenvalue weighted by atomic mass is 9.82. The zero-order chi connectivity index (χ0) is 15.0. The van der Waals surface area contributed by atoms with E-state index in [1.807, 2.05) is 13.2 Å². The van der Waals surface area contributed by atoms with Gasteiger partial charge in [0.1, 0.15) is 0 Å². The first kappa shape index (κ1) is 15.5. The van der Waals surface area contributed by atoms with Gasteiger partial charge in [0, 0.05) is 12.5 Å². The van der Waals surface area contributed by atoms with Gasteiger partial charge in [-0.05, 0) is 56.3 Å². The van der Waals surface area contributed by atoms with Crippen molar-refractivity contribution in [1.82, 2.24) is 20.0 Å². The van der Waals surface area contributed by atoms with Gasteiger partial charge in [0.15, 0.2) is 0 Å². The summed E-state index contributed by atoms with van der Waals surface area (Å²) in [7, 11) is 6.24. The topological polar surface area (TPSA) is 42.3 Å². The van der Waals surface area contributed by atoms with E-state index in [4.69, 9.17) is 4.74 Å². The minimum absolute atomic E-state index is 0.305. The normalized spacial score (nSPS) is 29.5. The van der Waals surface area contributed by atoms with Gasteiger partial charge in [0.2, 0.25) is 0 Å². The van der Waals surface area contributed by atoms with E-state index in [1.165, 1.54) is 25.0 Å². The average Bonchev–Trinajstić information content (AvgIpc) is 3.15. The van der Waals surface area contributed by atoms with E-state index in [1.54, 1.807) is 0 Å². The predicted molar refractivity (Wildman–Crippen MR) is 86.3 cm³/mol. The molecular formula is C15H25BrN4O. The first-order valence-corrected chi connectivity index (χ1v) is 8.58. The second kappa shape index (κ2) is 6.36. The standard InChI is InChI=1S/C15H25BrN4O/c1-17-14(11-8-10-4-5-13(11)21-10)15-12(16)9-18-20(15)7-6-19(2)3/h9-11,13-14,17H,4-8H2,1-3H3. The summed E-state index contributed by atoms with van der Waals surface area (Å²) < 4.78 is 9.29. The second-order valence-electron chi connectivity index (χ2n) is 6.44. The average molecular weight is 357 g/mol. The molecule has 1 aromatic heterocycles. The molecule has 4 unspecified atom stereocenters. The van der Waals surface area contributed by atoms with Crippen molar-refractivity contribution in [2.75, 3.05) is 27.7 Å². The molecule has 5 nitrogen and oxygen atoms in total. The third-order valence-corrected chi connectivity index (χ3v) is 5.39.